The zero-order valence-electron chi connectivity index (χ0n) is 17.7. The molecule has 4 rings (SSSR count). The van der Waals surface area contributed by atoms with Crippen LogP contribution in [0.3, 0.4) is 0 Å². The molecule has 154 valence electrons. The van der Waals surface area contributed by atoms with Crippen LogP contribution in [0.5, 0.6) is 0 Å². The van der Waals surface area contributed by atoms with Gasteiger partial charge in [-0.3, -0.25) is 4.79 Å². The summed E-state index contributed by atoms with van der Waals surface area (Å²) in [6.07, 6.45) is 4.38. The van der Waals surface area contributed by atoms with Gasteiger partial charge in [-0.15, -0.1) is 0 Å². The van der Waals surface area contributed by atoms with Crippen LogP contribution in [-0.4, -0.2) is 15.7 Å². The molecule has 1 atom stereocenters. The minimum atomic E-state index is -0.671. The molecular formula is C25H26FN3O. The van der Waals surface area contributed by atoms with Gasteiger partial charge in [0, 0.05) is 0 Å². The minimum Gasteiger partial charge on any atom is -0.346 e. The number of aromatic nitrogens is 2. The summed E-state index contributed by atoms with van der Waals surface area (Å²) in [5, 5.41) is 7.74. The summed E-state index contributed by atoms with van der Waals surface area (Å²) in [5.74, 6) is -0.290. The first-order chi connectivity index (χ1) is 14.2. The Morgan fingerprint density at radius 2 is 1.80 bits per heavy atom. The molecule has 1 aromatic heterocycles. The second-order valence-electron chi connectivity index (χ2n) is 8.72. The molecule has 3 aromatic rings. The Morgan fingerprint density at radius 1 is 1.13 bits per heavy atom. The van der Waals surface area contributed by atoms with E-state index in [0.717, 1.165) is 28.1 Å². The van der Waals surface area contributed by atoms with Crippen LogP contribution >= 0.6 is 0 Å². The Labute approximate surface area is 176 Å². The standard InChI is InChI=1S/C25H26FN3O/c1-17-14-22-18(16-27-29(22)21-12-10-20(26)11-13-21)15-25(17,4)23(30)28-24(2,3)19-8-6-5-7-9-19/h5-14,16H,15H2,1-4H3,(H,28,30)/t25-/m0/s1. The number of halogens is 1. The van der Waals surface area contributed by atoms with Crippen molar-refractivity contribution in [1.29, 1.82) is 0 Å². The number of carbonyl (C=O) groups is 1. The summed E-state index contributed by atoms with van der Waals surface area (Å²) < 4.78 is 15.1. The molecule has 0 unspecified atom stereocenters. The van der Waals surface area contributed by atoms with Gasteiger partial charge in [0.05, 0.1) is 28.5 Å². The number of fused-ring (bicyclic) bond motifs is 1. The average Bonchev–Trinajstić information content (AvgIpc) is 3.11. The van der Waals surface area contributed by atoms with E-state index in [1.54, 1.807) is 23.0 Å². The second kappa shape index (κ2) is 7.24. The Hall–Kier alpha value is -3.21. The van der Waals surface area contributed by atoms with Crippen molar-refractivity contribution in [3.8, 4) is 5.69 Å². The summed E-state index contributed by atoms with van der Waals surface area (Å²) in [7, 11) is 0. The van der Waals surface area contributed by atoms with E-state index in [0.29, 0.717) is 6.42 Å². The fraction of sp³-hybridized carbons (Fsp3) is 0.280. The fourth-order valence-corrected chi connectivity index (χ4v) is 3.96. The van der Waals surface area contributed by atoms with E-state index in [4.69, 9.17) is 0 Å². The first-order valence-electron chi connectivity index (χ1n) is 10.1. The third-order valence-electron chi connectivity index (χ3n) is 6.15. The summed E-state index contributed by atoms with van der Waals surface area (Å²) >= 11 is 0. The van der Waals surface area contributed by atoms with E-state index in [1.165, 1.54) is 12.1 Å². The SMILES string of the molecule is CC1=Cc2c(cnn2-c2ccc(F)cc2)C[C@]1(C)C(=O)NC(C)(C)c1ccccc1. The van der Waals surface area contributed by atoms with E-state index in [9.17, 15) is 9.18 Å². The quantitative estimate of drug-likeness (QED) is 0.664. The molecular weight excluding hydrogens is 377 g/mol. The van der Waals surface area contributed by atoms with Gasteiger partial charge in [-0.2, -0.15) is 5.10 Å². The number of carbonyl (C=O) groups excluding carboxylic acids is 1. The fourth-order valence-electron chi connectivity index (χ4n) is 3.96. The van der Waals surface area contributed by atoms with Gasteiger partial charge in [-0.05, 0) is 75.6 Å². The maximum Gasteiger partial charge on any atom is 0.231 e. The smallest absolute Gasteiger partial charge is 0.231 e. The van der Waals surface area contributed by atoms with Gasteiger partial charge in [-0.1, -0.05) is 35.9 Å². The molecule has 0 bridgehead atoms. The third kappa shape index (κ3) is 3.45. The van der Waals surface area contributed by atoms with E-state index >= 15 is 0 Å². The number of hydrogen-bond donors (Lipinski definition) is 1. The zero-order chi connectivity index (χ0) is 21.5. The van der Waals surface area contributed by atoms with Crippen molar-refractivity contribution >= 4 is 12.0 Å². The summed E-state index contributed by atoms with van der Waals surface area (Å²) in [6.45, 7) is 8.00. The van der Waals surface area contributed by atoms with E-state index in [-0.39, 0.29) is 11.7 Å². The van der Waals surface area contributed by atoms with Crippen LogP contribution in [0.25, 0.3) is 11.8 Å². The van der Waals surface area contributed by atoms with Gasteiger partial charge in [0.2, 0.25) is 5.91 Å². The lowest BCUT2D eigenvalue weighted by atomic mass is 9.72. The van der Waals surface area contributed by atoms with E-state index in [1.807, 2.05) is 64.1 Å². The third-order valence-corrected chi connectivity index (χ3v) is 6.15. The highest BCUT2D eigenvalue weighted by Crippen LogP contribution is 2.40. The molecule has 1 aliphatic rings. The number of nitrogens with one attached hydrogen (secondary N) is 1. The predicted octanol–water partition coefficient (Wildman–Crippen LogP) is 5.03. The van der Waals surface area contributed by atoms with Crippen LogP contribution in [0, 0.1) is 11.2 Å². The largest absolute Gasteiger partial charge is 0.346 e. The summed E-state index contributed by atoms with van der Waals surface area (Å²) in [4.78, 5) is 13.4. The van der Waals surface area contributed by atoms with Gasteiger partial charge in [0.1, 0.15) is 5.82 Å². The lowest BCUT2D eigenvalue weighted by Crippen LogP contribution is -2.49. The van der Waals surface area contributed by atoms with Gasteiger partial charge >= 0.3 is 0 Å². The maximum atomic E-state index is 13.4. The number of amides is 1. The number of benzene rings is 2. The Kier molecular flexibility index (Phi) is 4.85. The summed E-state index contributed by atoms with van der Waals surface area (Å²) in [6, 6.07) is 16.2. The molecule has 2 aromatic carbocycles. The topological polar surface area (TPSA) is 46.9 Å². The monoisotopic (exact) mass is 403 g/mol. The van der Waals surface area contributed by atoms with Crippen molar-refractivity contribution in [2.24, 2.45) is 5.41 Å². The number of nitrogens with zero attached hydrogens (tertiary/aromatic N) is 2. The van der Waals surface area contributed by atoms with E-state index in [2.05, 4.69) is 10.4 Å². The molecule has 0 saturated heterocycles. The molecule has 0 saturated carbocycles. The Morgan fingerprint density at radius 3 is 2.47 bits per heavy atom. The van der Waals surface area contributed by atoms with Crippen LogP contribution < -0.4 is 5.32 Å². The van der Waals surface area contributed by atoms with Crippen LogP contribution in [0.15, 0.2) is 66.4 Å². The van der Waals surface area contributed by atoms with Crippen molar-refractivity contribution < 1.29 is 9.18 Å². The molecule has 0 radical (unpaired) electrons. The molecule has 1 heterocycles. The molecule has 0 spiro atoms. The normalized spacial score (nSPS) is 18.5. The van der Waals surface area contributed by atoms with Gasteiger partial charge in [0.15, 0.2) is 0 Å². The highest BCUT2D eigenvalue weighted by atomic mass is 19.1. The average molecular weight is 404 g/mol. The highest BCUT2D eigenvalue weighted by Gasteiger charge is 2.41. The molecule has 4 nitrogen and oxygen atoms in total. The van der Waals surface area contributed by atoms with Crippen molar-refractivity contribution in [2.75, 3.05) is 0 Å². The Bertz CT molecular complexity index is 1110. The Balaban J connectivity index is 1.63. The lowest BCUT2D eigenvalue weighted by Gasteiger charge is -2.37. The van der Waals surface area contributed by atoms with Crippen LogP contribution in [0.4, 0.5) is 4.39 Å². The highest BCUT2D eigenvalue weighted by molar-refractivity contribution is 5.89. The van der Waals surface area contributed by atoms with Crippen molar-refractivity contribution in [1.82, 2.24) is 15.1 Å². The lowest BCUT2D eigenvalue weighted by molar-refractivity contribution is -0.130. The van der Waals surface area contributed by atoms with Gasteiger partial charge < -0.3 is 5.32 Å². The molecule has 1 amide bonds. The number of hydrogen-bond acceptors (Lipinski definition) is 2. The summed E-state index contributed by atoms with van der Waals surface area (Å²) in [5.41, 5.74) is 3.60. The molecule has 0 aliphatic heterocycles. The van der Waals surface area contributed by atoms with Gasteiger partial charge in [0.25, 0.3) is 0 Å². The zero-order valence-corrected chi connectivity index (χ0v) is 17.7. The molecule has 1 N–H and O–H groups in total. The number of rotatable bonds is 4. The van der Waals surface area contributed by atoms with Crippen LogP contribution in [0.2, 0.25) is 0 Å². The van der Waals surface area contributed by atoms with Crippen molar-refractivity contribution in [3.63, 3.8) is 0 Å². The molecule has 5 heteroatoms. The predicted molar refractivity (Wildman–Crippen MR) is 117 cm³/mol. The minimum absolute atomic E-state index is 0.00900. The van der Waals surface area contributed by atoms with Crippen molar-refractivity contribution in [2.45, 2.75) is 39.7 Å². The first-order valence-corrected chi connectivity index (χ1v) is 10.1. The van der Waals surface area contributed by atoms with Crippen LogP contribution in [-0.2, 0) is 16.8 Å². The second-order valence-corrected chi connectivity index (χ2v) is 8.72. The molecule has 0 fully saturated rings. The van der Waals surface area contributed by atoms with Crippen molar-refractivity contribution in [3.05, 3.63) is 89.0 Å². The van der Waals surface area contributed by atoms with Gasteiger partial charge in [-0.25, -0.2) is 9.07 Å². The molecule has 1 aliphatic carbocycles. The van der Waals surface area contributed by atoms with E-state index < -0.39 is 11.0 Å². The van der Waals surface area contributed by atoms with Crippen LogP contribution in [0.1, 0.15) is 44.5 Å². The first kappa shape index (κ1) is 20.1. The maximum absolute atomic E-state index is 13.4. The molecule has 30 heavy (non-hydrogen) atoms.